The monoisotopic (exact) mass is 323 g/mol. The predicted octanol–water partition coefficient (Wildman–Crippen LogP) is 2.79. The first-order chi connectivity index (χ1) is 10.1. The second kappa shape index (κ2) is 5.57. The molecule has 1 unspecified atom stereocenters. The van der Waals surface area contributed by atoms with Crippen molar-refractivity contribution in [3.8, 4) is 0 Å². The van der Waals surface area contributed by atoms with Crippen LogP contribution in [0.2, 0.25) is 0 Å². The van der Waals surface area contributed by atoms with Gasteiger partial charge in [0, 0.05) is 0 Å². The van der Waals surface area contributed by atoms with Crippen LogP contribution in [0.4, 0.5) is 5.95 Å². The summed E-state index contributed by atoms with van der Waals surface area (Å²) in [7, 11) is 0. The fourth-order valence-electron chi connectivity index (χ4n) is 4.03. The Labute approximate surface area is 135 Å². The van der Waals surface area contributed by atoms with E-state index >= 15 is 0 Å². The average Bonchev–Trinajstić information content (AvgIpc) is 3.01. The number of fused-ring (bicyclic) bond motifs is 3. The van der Waals surface area contributed by atoms with Gasteiger partial charge in [0.2, 0.25) is 5.95 Å². The predicted molar refractivity (Wildman–Crippen MR) is 88.8 cm³/mol. The summed E-state index contributed by atoms with van der Waals surface area (Å²) < 4.78 is 2.10. The third-order valence-corrected chi connectivity index (χ3v) is 5.06. The number of hydrogen-bond donors (Lipinski definition) is 2. The topological polar surface area (TPSA) is 75.6 Å². The Bertz CT molecular complexity index is 746. The summed E-state index contributed by atoms with van der Waals surface area (Å²) in [6.07, 6.45) is 6.51. The molecule has 0 saturated heterocycles. The lowest BCUT2D eigenvalue weighted by Crippen LogP contribution is -2.31. The molecule has 22 heavy (non-hydrogen) atoms. The highest BCUT2D eigenvalue weighted by Crippen LogP contribution is 2.38. The largest absolute Gasteiger partial charge is 0.350 e. The van der Waals surface area contributed by atoms with Gasteiger partial charge in [0.05, 0.1) is 12.1 Å². The van der Waals surface area contributed by atoms with E-state index in [4.69, 9.17) is 0 Å². The lowest BCUT2D eigenvalue weighted by atomic mass is 9.82. The number of anilines is 1. The second-order valence-corrected chi connectivity index (χ2v) is 6.44. The van der Waals surface area contributed by atoms with Gasteiger partial charge in [0.1, 0.15) is 5.82 Å². The molecule has 2 aromatic heterocycles. The van der Waals surface area contributed by atoms with Crippen molar-refractivity contribution in [3.63, 3.8) is 0 Å². The molecule has 1 aliphatic carbocycles. The van der Waals surface area contributed by atoms with Gasteiger partial charge in [-0.15, -0.1) is 12.4 Å². The van der Waals surface area contributed by atoms with E-state index in [9.17, 15) is 4.79 Å². The highest BCUT2D eigenvalue weighted by molar-refractivity contribution is 5.85. The number of nitrogens with one attached hydrogen (secondary N) is 2. The van der Waals surface area contributed by atoms with E-state index < -0.39 is 0 Å². The van der Waals surface area contributed by atoms with Crippen LogP contribution in [0.25, 0.3) is 11.2 Å². The number of aromatic nitrogens is 4. The van der Waals surface area contributed by atoms with Crippen LogP contribution in [0.1, 0.15) is 50.9 Å². The number of imidazole rings is 1. The van der Waals surface area contributed by atoms with Crippen molar-refractivity contribution in [3.05, 3.63) is 16.2 Å². The number of halogens is 1. The molecule has 1 fully saturated rings. The molecule has 4 rings (SSSR count). The molecule has 7 heteroatoms. The quantitative estimate of drug-likeness (QED) is 0.846. The summed E-state index contributed by atoms with van der Waals surface area (Å²) in [5.74, 6) is 2.11. The molecule has 2 atom stereocenters. The Kier molecular flexibility index (Phi) is 3.89. The Balaban J connectivity index is 0.00000144. The maximum Gasteiger partial charge on any atom is 0.300 e. The minimum atomic E-state index is -0.221. The number of nitrogens with zero attached hydrogens (tertiary/aromatic N) is 3. The summed E-state index contributed by atoms with van der Waals surface area (Å²) in [6.45, 7) is 4.08. The summed E-state index contributed by atoms with van der Waals surface area (Å²) in [6, 6.07) is 0.640. The van der Waals surface area contributed by atoms with Crippen molar-refractivity contribution in [1.29, 1.82) is 0 Å². The molecule has 1 aliphatic heterocycles. The van der Waals surface area contributed by atoms with Crippen molar-refractivity contribution in [1.82, 2.24) is 19.5 Å². The van der Waals surface area contributed by atoms with Crippen molar-refractivity contribution < 1.29 is 0 Å². The standard InChI is InChI=1S/C15H21N5O.ClH/c1-8-11(10-6-4-3-5-7-10)18-15-19-14(21)12-13(20(8)15)17-9(2)16-12;/h8,10-11H,3-7H2,1-2H3,(H,16,17)(H,18,19,21);1H/t8?,11-;/m0./s1. The number of hydrogen-bond acceptors (Lipinski definition) is 4. The highest BCUT2D eigenvalue weighted by Gasteiger charge is 2.37. The Morgan fingerprint density at radius 3 is 2.64 bits per heavy atom. The van der Waals surface area contributed by atoms with Crippen LogP contribution < -0.4 is 10.9 Å². The zero-order valence-corrected chi connectivity index (χ0v) is 13.7. The number of rotatable bonds is 1. The molecule has 6 nitrogen and oxygen atoms in total. The van der Waals surface area contributed by atoms with E-state index in [0.29, 0.717) is 23.4 Å². The SMILES string of the molecule is Cc1nc2c([nH]1)c(=O)nc1n2C(C)[C@@H](C2CCCCC2)N1.Cl. The molecule has 0 spiro atoms. The molecule has 0 aromatic carbocycles. The third kappa shape index (κ3) is 2.20. The van der Waals surface area contributed by atoms with E-state index in [1.807, 2.05) is 6.92 Å². The minimum absolute atomic E-state index is 0. The summed E-state index contributed by atoms with van der Waals surface area (Å²) in [4.78, 5) is 23.9. The van der Waals surface area contributed by atoms with Gasteiger partial charge < -0.3 is 10.3 Å². The maximum absolute atomic E-state index is 12.1. The maximum atomic E-state index is 12.1. The van der Waals surface area contributed by atoms with E-state index in [1.165, 1.54) is 32.1 Å². The third-order valence-electron chi connectivity index (χ3n) is 5.06. The molecular weight excluding hydrogens is 302 g/mol. The molecule has 2 N–H and O–H groups in total. The van der Waals surface area contributed by atoms with E-state index in [2.05, 4.69) is 31.8 Å². The first-order valence-electron chi connectivity index (χ1n) is 7.90. The van der Waals surface area contributed by atoms with Crippen molar-refractivity contribution in [2.24, 2.45) is 5.92 Å². The molecule has 0 radical (unpaired) electrons. The minimum Gasteiger partial charge on any atom is -0.350 e. The van der Waals surface area contributed by atoms with Crippen molar-refractivity contribution in [2.75, 3.05) is 5.32 Å². The smallest absolute Gasteiger partial charge is 0.300 e. The van der Waals surface area contributed by atoms with Gasteiger partial charge in [-0.05, 0) is 32.6 Å². The van der Waals surface area contributed by atoms with E-state index in [-0.39, 0.29) is 24.0 Å². The van der Waals surface area contributed by atoms with Crippen LogP contribution in [0.3, 0.4) is 0 Å². The van der Waals surface area contributed by atoms with Crippen LogP contribution >= 0.6 is 12.4 Å². The molecule has 0 amide bonds. The molecule has 3 heterocycles. The lowest BCUT2D eigenvalue weighted by Gasteiger charge is -2.30. The van der Waals surface area contributed by atoms with Gasteiger partial charge in [0.15, 0.2) is 11.2 Å². The van der Waals surface area contributed by atoms with Gasteiger partial charge in [-0.25, -0.2) is 4.98 Å². The molecular formula is C15H22ClN5O. The summed E-state index contributed by atoms with van der Waals surface area (Å²) in [5, 5.41) is 3.49. The molecule has 0 bridgehead atoms. The highest BCUT2D eigenvalue weighted by atomic mass is 35.5. The Morgan fingerprint density at radius 1 is 1.18 bits per heavy atom. The average molecular weight is 324 g/mol. The number of aryl methyl sites for hydroxylation is 1. The van der Waals surface area contributed by atoms with Crippen LogP contribution in [0.15, 0.2) is 4.79 Å². The Hall–Kier alpha value is -1.56. The van der Waals surface area contributed by atoms with Gasteiger partial charge in [0.25, 0.3) is 0 Å². The molecule has 1 saturated carbocycles. The lowest BCUT2D eigenvalue weighted by molar-refractivity contribution is 0.286. The van der Waals surface area contributed by atoms with Crippen LogP contribution in [-0.2, 0) is 0 Å². The van der Waals surface area contributed by atoms with E-state index in [0.717, 1.165) is 11.5 Å². The first kappa shape index (κ1) is 15.3. The van der Waals surface area contributed by atoms with Gasteiger partial charge in [-0.1, -0.05) is 19.3 Å². The van der Waals surface area contributed by atoms with Crippen LogP contribution in [0, 0.1) is 12.8 Å². The van der Waals surface area contributed by atoms with Crippen molar-refractivity contribution >= 4 is 29.5 Å². The van der Waals surface area contributed by atoms with E-state index in [1.54, 1.807) is 0 Å². The summed E-state index contributed by atoms with van der Waals surface area (Å²) >= 11 is 0. The fraction of sp³-hybridized carbons (Fsp3) is 0.667. The van der Waals surface area contributed by atoms with Crippen molar-refractivity contribution in [2.45, 2.75) is 58.0 Å². The second-order valence-electron chi connectivity index (χ2n) is 6.44. The number of H-pyrrole nitrogens is 1. The molecule has 120 valence electrons. The van der Waals surface area contributed by atoms with Crippen LogP contribution in [0.5, 0.6) is 0 Å². The first-order valence-corrected chi connectivity index (χ1v) is 7.90. The molecule has 2 aromatic rings. The number of aromatic amines is 1. The van der Waals surface area contributed by atoms with Gasteiger partial charge in [-0.2, -0.15) is 4.98 Å². The zero-order chi connectivity index (χ0) is 14.6. The van der Waals surface area contributed by atoms with Crippen LogP contribution in [-0.4, -0.2) is 25.6 Å². The van der Waals surface area contributed by atoms with Gasteiger partial charge >= 0.3 is 5.56 Å². The zero-order valence-electron chi connectivity index (χ0n) is 12.9. The Morgan fingerprint density at radius 2 is 1.91 bits per heavy atom. The normalized spacial score (nSPS) is 24.8. The summed E-state index contributed by atoms with van der Waals surface area (Å²) in [5.41, 5.74) is 1.04. The fourth-order valence-corrected chi connectivity index (χ4v) is 4.03. The van der Waals surface area contributed by atoms with Gasteiger partial charge in [-0.3, -0.25) is 9.36 Å². The molecule has 2 aliphatic rings.